The summed E-state index contributed by atoms with van der Waals surface area (Å²) < 4.78 is 40.4. The molecule has 2 aromatic rings. The van der Waals surface area contributed by atoms with E-state index in [1.54, 1.807) is 22.6 Å². The van der Waals surface area contributed by atoms with E-state index in [-0.39, 0.29) is 22.8 Å². The first-order chi connectivity index (χ1) is 13.5. The molecule has 0 N–H and O–H groups in total. The largest absolute Gasteiger partial charge is 0.493 e. The molecule has 0 spiro atoms. The zero-order valence-corrected chi connectivity index (χ0v) is 17.0. The van der Waals surface area contributed by atoms with Gasteiger partial charge in [-0.1, -0.05) is 32.0 Å². The Morgan fingerprint density at radius 2 is 2.07 bits per heavy atom. The minimum atomic E-state index is -3.67. The van der Waals surface area contributed by atoms with Crippen molar-refractivity contribution in [2.45, 2.75) is 24.8 Å². The molecule has 0 radical (unpaired) electrons. The Morgan fingerprint density at radius 3 is 2.82 bits per heavy atom. The molecule has 2 aliphatic heterocycles. The topological polar surface area (TPSA) is 68.7 Å². The second-order valence-corrected chi connectivity index (χ2v) is 9.80. The zero-order chi connectivity index (χ0) is 19.7. The molecule has 7 heteroatoms. The van der Waals surface area contributed by atoms with Gasteiger partial charge in [0.1, 0.15) is 10.6 Å². The van der Waals surface area contributed by atoms with Crippen LogP contribution in [-0.4, -0.2) is 44.1 Å². The molecule has 3 heterocycles. The van der Waals surface area contributed by atoms with Crippen LogP contribution in [0.3, 0.4) is 0 Å². The van der Waals surface area contributed by atoms with Crippen molar-refractivity contribution in [2.24, 2.45) is 17.8 Å². The predicted octanol–water partition coefficient (Wildman–Crippen LogP) is 3.12. The minimum absolute atomic E-state index is 0.0634. The average molecular weight is 403 g/mol. The molecule has 1 aromatic heterocycles. The van der Waals surface area contributed by atoms with Crippen LogP contribution in [0.2, 0.25) is 0 Å². The van der Waals surface area contributed by atoms with E-state index in [2.05, 4.69) is 18.8 Å². The van der Waals surface area contributed by atoms with Crippen molar-refractivity contribution < 1.29 is 17.9 Å². The minimum Gasteiger partial charge on any atom is -0.493 e. The third-order valence-corrected chi connectivity index (χ3v) is 7.26. The van der Waals surface area contributed by atoms with Crippen molar-refractivity contribution in [1.82, 2.24) is 9.29 Å². The Balaban J connectivity index is 1.69. The maximum atomic E-state index is 13.4. The van der Waals surface area contributed by atoms with Crippen LogP contribution in [0.25, 0.3) is 0 Å². The van der Waals surface area contributed by atoms with E-state index in [0.29, 0.717) is 32.3 Å². The molecule has 6 nitrogen and oxygen atoms in total. The number of fused-ring (bicyclic) bond motifs is 3. The van der Waals surface area contributed by atoms with Crippen LogP contribution in [0.5, 0.6) is 5.75 Å². The summed E-state index contributed by atoms with van der Waals surface area (Å²) in [6, 6.07) is 10.7. The smallest absolute Gasteiger partial charge is 0.245 e. The second kappa shape index (κ2) is 7.81. The molecule has 3 atom stereocenters. The van der Waals surface area contributed by atoms with Gasteiger partial charge in [0, 0.05) is 42.9 Å². The van der Waals surface area contributed by atoms with Crippen LogP contribution in [0.4, 0.5) is 0 Å². The summed E-state index contributed by atoms with van der Waals surface area (Å²) in [6.45, 7) is 6.33. The number of sulfonamides is 1. The SMILES string of the molecule is CC(C)COC[C@@H]1CN(S(=O)(=O)c2cccnc2)[C@H]2c3ccccc3OC[C@@H]12. The van der Waals surface area contributed by atoms with Crippen molar-refractivity contribution in [1.29, 1.82) is 0 Å². The summed E-state index contributed by atoms with van der Waals surface area (Å²) in [6.07, 6.45) is 3.00. The highest BCUT2D eigenvalue weighted by Crippen LogP contribution is 2.49. The fourth-order valence-electron chi connectivity index (χ4n) is 4.12. The Morgan fingerprint density at radius 1 is 1.25 bits per heavy atom. The highest BCUT2D eigenvalue weighted by Gasteiger charge is 2.50. The summed E-state index contributed by atoms with van der Waals surface area (Å²) in [5.74, 6) is 1.35. The summed E-state index contributed by atoms with van der Waals surface area (Å²) in [7, 11) is -3.67. The summed E-state index contributed by atoms with van der Waals surface area (Å²) in [4.78, 5) is 4.23. The first-order valence-electron chi connectivity index (χ1n) is 9.70. The molecule has 2 aliphatic rings. The number of nitrogens with zero attached hydrogens (tertiary/aromatic N) is 2. The first kappa shape index (κ1) is 19.4. The molecule has 28 heavy (non-hydrogen) atoms. The van der Waals surface area contributed by atoms with E-state index >= 15 is 0 Å². The van der Waals surface area contributed by atoms with Gasteiger partial charge in [0.15, 0.2) is 0 Å². The average Bonchev–Trinajstić information content (AvgIpc) is 3.08. The quantitative estimate of drug-likeness (QED) is 0.743. The van der Waals surface area contributed by atoms with E-state index in [1.165, 1.54) is 6.20 Å². The van der Waals surface area contributed by atoms with Crippen molar-refractivity contribution in [3.63, 3.8) is 0 Å². The summed E-state index contributed by atoms with van der Waals surface area (Å²) in [5, 5.41) is 0. The van der Waals surface area contributed by atoms with Gasteiger partial charge in [0.25, 0.3) is 0 Å². The van der Waals surface area contributed by atoms with Gasteiger partial charge >= 0.3 is 0 Å². The summed E-state index contributed by atoms with van der Waals surface area (Å²) in [5.41, 5.74) is 0.928. The van der Waals surface area contributed by atoms with E-state index in [1.807, 2.05) is 24.3 Å². The Kier molecular flexibility index (Phi) is 5.40. The van der Waals surface area contributed by atoms with E-state index in [9.17, 15) is 8.42 Å². The number of ether oxygens (including phenoxy) is 2. The molecule has 0 saturated carbocycles. The highest BCUT2D eigenvalue weighted by molar-refractivity contribution is 7.89. The second-order valence-electron chi connectivity index (χ2n) is 7.91. The Bertz CT molecular complexity index is 917. The Labute approximate surface area is 166 Å². The number of aromatic nitrogens is 1. The molecule has 1 fully saturated rings. The van der Waals surface area contributed by atoms with Gasteiger partial charge in [0.05, 0.1) is 19.3 Å². The lowest BCUT2D eigenvalue weighted by Crippen LogP contribution is -2.35. The summed E-state index contributed by atoms with van der Waals surface area (Å²) >= 11 is 0. The zero-order valence-electron chi connectivity index (χ0n) is 16.2. The van der Waals surface area contributed by atoms with Crippen LogP contribution in [0.1, 0.15) is 25.5 Å². The van der Waals surface area contributed by atoms with E-state index in [4.69, 9.17) is 9.47 Å². The molecule has 0 amide bonds. The fraction of sp³-hybridized carbons (Fsp3) is 0.476. The van der Waals surface area contributed by atoms with Crippen LogP contribution in [-0.2, 0) is 14.8 Å². The lowest BCUT2D eigenvalue weighted by Gasteiger charge is -2.34. The van der Waals surface area contributed by atoms with Crippen molar-refractivity contribution in [3.05, 3.63) is 54.4 Å². The normalized spacial score (nSPS) is 24.6. The number of benzene rings is 1. The van der Waals surface area contributed by atoms with Gasteiger partial charge in [-0.05, 0) is 24.1 Å². The van der Waals surface area contributed by atoms with Crippen molar-refractivity contribution >= 4 is 10.0 Å². The molecule has 0 bridgehead atoms. The van der Waals surface area contributed by atoms with Gasteiger partial charge in [-0.3, -0.25) is 4.98 Å². The molecule has 0 aliphatic carbocycles. The number of pyridine rings is 1. The van der Waals surface area contributed by atoms with Gasteiger partial charge in [0.2, 0.25) is 10.0 Å². The first-order valence-corrected chi connectivity index (χ1v) is 11.1. The van der Waals surface area contributed by atoms with Crippen molar-refractivity contribution in [3.8, 4) is 5.75 Å². The number of hydrogen-bond donors (Lipinski definition) is 0. The lowest BCUT2D eigenvalue weighted by molar-refractivity contribution is 0.0563. The Hall–Kier alpha value is -1.96. The monoisotopic (exact) mass is 402 g/mol. The number of rotatable bonds is 6. The van der Waals surface area contributed by atoms with Crippen LogP contribution >= 0.6 is 0 Å². The predicted molar refractivity (Wildman–Crippen MR) is 105 cm³/mol. The number of hydrogen-bond acceptors (Lipinski definition) is 5. The van der Waals surface area contributed by atoms with Crippen LogP contribution in [0, 0.1) is 17.8 Å². The molecule has 4 rings (SSSR count). The fourth-order valence-corrected chi connectivity index (χ4v) is 5.79. The van der Waals surface area contributed by atoms with Crippen LogP contribution in [0.15, 0.2) is 53.7 Å². The molecular formula is C21H26N2O4S. The molecular weight excluding hydrogens is 376 g/mol. The maximum absolute atomic E-state index is 13.4. The van der Waals surface area contributed by atoms with Gasteiger partial charge in [-0.2, -0.15) is 4.31 Å². The van der Waals surface area contributed by atoms with Gasteiger partial charge < -0.3 is 9.47 Å². The third kappa shape index (κ3) is 3.54. The van der Waals surface area contributed by atoms with Gasteiger partial charge in [-0.25, -0.2) is 8.42 Å². The number of para-hydroxylation sites is 1. The van der Waals surface area contributed by atoms with E-state index < -0.39 is 10.0 Å². The lowest BCUT2D eigenvalue weighted by atomic mass is 9.86. The molecule has 1 saturated heterocycles. The van der Waals surface area contributed by atoms with Crippen LogP contribution < -0.4 is 4.74 Å². The van der Waals surface area contributed by atoms with Gasteiger partial charge in [-0.15, -0.1) is 0 Å². The standard InChI is InChI=1S/C21H26N2O4S/c1-15(2)12-26-13-16-11-23(28(24,25)17-6-5-9-22-10-17)21-18-7-3-4-8-20(18)27-14-19(16)21/h3-10,15-16,19,21H,11-14H2,1-2H3/t16-,19-,21-/m0/s1. The molecule has 150 valence electrons. The highest BCUT2D eigenvalue weighted by atomic mass is 32.2. The van der Waals surface area contributed by atoms with E-state index in [0.717, 1.165) is 11.3 Å². The molecule has 1 aromatic carbocycles. The van der Waals surface area contributed by atoms with Crippen molar-refractivity contribution in [2.75, 3.05) is 26.4 Å². The maximum Gasteiger partial charge on any atom is 0.245 e. The third-order valence-electron chi connectivity index (χ3n) is 5.43. The molecule has 0 unspecified atom stereocenters.